The Morgan fingerprint density at radius 2 is 2.00 bits per heavy atom. The SMILES string of the molecule is CCCSc1nnc(C)c(C=CNc2ccc(Cl)cc2)n1. The van der Waals surface area contributed by atoms with Crippen LogP contribution >= 0.6 is 23.4 Å². The second kappa shape index (κ2) is 8.00. The highest BCUT2D eigenvalue weighted by atomic mass is 35.5. The van der Waals surface area contributed by atoms with E-state index < -0.39 is 0 Å². The van der Waals surface area contributed by atoms with Gasteiger partial charge in [-0.3, -0.25) is 0 Å². The van der Waals surface area contributed by atoms with Gasteiger partial charge in [-0.2, -0.15) is 5.10 Å². The van der Waals surface area contributed by atoms with E-state index in [2.05, 4.69) is 27.4 Å². The first-order valence-electron chi connectivity index (χ1n) is 6.72. The van der Waals surface area contributed by atoms with Crippen LogP contribution in [0.3, 0.4) is 0 Å². The Kier molecular flexibility index (Phi) is 6.02. The molecule has 6 heteroatoms. The van der Waals surface area contributed by atoms with Crippen molar-refractivity contribution in [2.75, 3.05) is 11.1 Å². The quantitative estimate of drug-likeness (QED) is 0.798. The highest BCUT2D eigenvalue weighted by Gasteiger charge is 2.03. The standard InChI is InChI=1S/C15H17ClN4S/c1-3-10-21-15-18-14(11(2)19-20-15)8-9-17-13-6-4-12(16)5-7-13/h4-9,17H,3,10H2,1-2H3. The van der Waals surface area contributed by atoms with Crippen molar-refractivity contribution in [2.24, 2.45) is 0 Å². The summed E-state index contributed by atoms with van der Waals surface area (Å²) in [4.78, 5) is 4.50. The number of anilines is 1. The van der Waals surface area contributed by atoms with Gasteiger partial charge in [0, 0.05) is 22.7 Å². The molecule has 0 spiro atoms. The molecule has 0 fully saturated rings. The van der Waals surface area contributed by atoms with Gasteiger partial charge in [-0.05, 0) is 43.7 Å². The minimum Gasteiger partial charge on any atom is -0.362 e. The van der Waals surface area contributed by atoms with Crippen molar-refractivity contribution in [3.63, 3.8) is 0 Å². The summed E-state index contributed by atoms with van der Waals surface area (Å²) in [5.41, 5.74) is 2.60. The van der Waals surface area contributed by atoms with Crippen LogP contribution in [0.1, 0.15) is 24.7 Å². The Hall–Kier alpha value is -1.59. The van der Waals surface area contributed by atoms with E-state index in [0.717, 1.165) is 34.3 Å². The highest BCUT2D eigenvalue weighted by Crippen LogP contribution is 2.16. The Labute approximate surface area is 134 Å². The fourth-order valence-corrected chi connectivity index (χ4v) is 2.32. The molecule has 0 atom stereocenters. The highest BCUT2D eigenvalue weighted by molar-refractivity contribution is 7.99. The van der Waals surface area contributed by atoms with Gasteiger partial charge >= 0.3 is 0 Å². The fraction of sp³-hybridized carbons (Fsp3) is 0.267. The van der Waals surface area contributed by atoms with Gasteiger partial charge in [-0.15, -0.1) is 5.10 Å². The normalized spacial score (nSPS) is 11.0. The van der Waals surface area contributed by atoms with Crippen LogP contribution in [-0.2, 0) is 0 Å². The molecule has 1 N–H and O–H groups in total. The Bertz CT molecular complexity index is 614. The average molecular weight is 321 g/mol. The molecule has 1 heterocycles. The lowest BCUT2D eigenvalue weighted by Gasteiger charge is -2.03. The van der Waals surface area contributed by atoms with E-state index in [1.54, 1.807) is 11.8 Å². The van der Waals surface area contributed by atoms with Crippen LogP contribution in [0.2, 0.25) is 5.02 Å². The molecule has 0 unspecified atom stereocenters. The number of aromatic nitrogens is 3. The predicted octanol–water partition coefficient (Wildman–Crippen LogP) is 4.42. The maximum absolute atomic E-state index is 5.85. The molecule has 0 aliphatic heterocycles. The number of rotatable bonds is 6. The molecule has 1 aromatic heterocycles. The first-order chi connectivity index (χ1) is 10.2. The smallest absolute Gasteiger partial charge is 0.209 e. The molecule has 21 heavy (non-hydrogen) atoms. The van der Waals surface area contributed by atoms with Crippen molar-refractivity contribution >= 4 is 35.1 Å². The lowest BCUT2D eigenvalue weighted by Crippen LogP contribution is -1.99. The lowest BCUT2D eigenvalue weighted by atomic mass is 10.3. The molecule has 0 radical (unpaired) electrons. The molecule has 0 aliphatic carbocycles. The summed E-state index contributed by atoms with van der Waals surface area (Å²) in [5.74, 6) is 0.997. The number of hydrogen-bond donors (Lipinski definition) is 1. The summed E-state index contributed by atoms with van der Waals surface area (Å²) in [6, 6.07) is 7.52. The van der Waals surface area contributed by atoms with E-state index in [4.69, 9.17) is 11.6 Å². The van der Waals surface area contributed by atoms with E-state index in [-0.39, 0.29) is 0 Å². The third-order valence-corrected chi connectivity index (χ3v) is 3.94. The number of hydrogen-bond acceptors (Lipinski definition) is 5. The van der Waals surface area contributed by atoms with Crippen molar-refractivity contribution in [1.29, 1.82) is 0 Å². The van der Waals surface area contributed by atoms with Gasteiger partial charge in [-0.1, -0.05) is 30.3 Å². The van der Waals surface area contributed by atoms with Gasteiger partial charge in [0.1, 0.15) is 0 Å². The number of aryl methyl sites for hydroxylation is 1. The van der Waals surface area contributed by atoms with E-state index in [9.17, 15) is 0 Å². The molecule has 2 rings (SSSR count). The molecule has 4 nitrogen and oxygen atoms in total. The zero-order chi connectivity index (χ0) is 15.1. The minimum absolute atomic E-state index is 0.716. The van der Waals surface area contributed by atoms with Gasteiger partial charge in [0.15, 0.2) is 0 Å². The number of nitrogens with one attached hydrogen (secondary N) is 1. The first kappa shape index (κ1) is 15.8. The van der Waals surface area contributed by atoms with Crippen LogP contribution in [0, 0.1) is 6.92 Å². The second-order valence-electron chi connectivity index (χ2n) is 4.40. The number of benzene rings is 1. The van der Waals surface area contributed by atoms with Crippen molar-refractivity contribution in [3.05, 3.63) is 46.9 Å². The molecule has 0 amide bonds. The minimum atomic E-state index is 0.716. The molecule has 110 valence electrons. The van der Waals surface area contributed by atoms with E-state index >= 15 is 0 Å². The van der Waals surface area contributed by atoms with Crippen LogP contribution in [0.15, 0.2) is 35.6 Å². The molecule has 1 aromatic carbocycles. The summed E-state index contributed by atoms with van der Waals surface area (Å²) in [5, 5.41) is 12.8. The van der Waals surface area contributed by atoms with E-state index in [1.807, 2.05) is 43.5 Å². The van der Waals surface area contributed by atoms with Crippen molar-refractivity contribution in [3.8, 4) is 0 Å². The summed E-state index contributed by atoms with van der Waals surface area (Å²) < 4.78 is 0. The van der Waals surface area contributed by atoms with Crippen molar-refractivity contribution in [2.45, 2.75) is 25.4 Å². The van der Waals surface area contributed by atoms with Crippen LogP contribution in [0.4, 0.5) is 5.69 Å². The topological polar surface area (TPSA) is 50.7 Å². The third kappa shape index (κ3) is 5.02. The molecule has 0 saturated carbocycles. The van der Waals surface area contributed by atoms with Gasteiger partial charge in [0.25, 0.3) is 0 Å². The Balaban J connectivity index is 2.03. The summed E-state index contributed by atoms with van der Waals surface area (Å²) in [6.45, 7) is 4.03. The predicted molar refractivity (Wildman–Crippen MR) is 89.7 cm³/mol. The summed E-state index contributed by atoms with van der Waals surface area (Å²) in [6.07, 6.45) is 4.83. The van der Waals surface area contributed by atoms with Gasteiger partial charge in [-0.25, -0.2) is 4.98 Å². The maximum Gasteiger partial charge on any atom is 0.209 e. The Morgan fingerprint density at radius 1 is 1.24 bits per heavy atom. The summed E-state index contributed by atoms with van der Waals surface area (Å²) in [7, 11) is 0. The number of halogens is 1. The lowest BCUT2D eigenvalue weighted by molar-refractivity contribution is 0.805. The van der Waals surface area contributed by atoms with E-state index in [1.165, 1.54) is 0 Å². The molecular weight excluding hydrogens is 304 g/mol. The van der Waals surface area contributed by atoms with Crippen molar-refractivity contribution < 1.29 is 0 Å². The molecule has 0 bridgehead atoms. The first-order valence-corrected chi connectivity index (χ1v) is 8.08. The summed E-state index contributed by atoms with van der Waals surface area (Å²) >= 11 is 7.47. The zero-order valence-electron chi connectivity index (χ0n) is 12.0. The Morgan fingerprint density at radius 3 is 2.71 bits per heavy atom. The van der Waals surface area contributed by atoms with Crippen LogP contribution < -0.4 is 5.32 Å². The largest absolute Gasteiger partial charge is 0.362 e. The number of nitrogens with zero attached hydrogens (tertiary/aromatic N) is 3. The molecule has 2 aromatic rings. The van der Waals surface area contributed by atoms with Crippen LogP contribution in [0.5, 0.6) is 0 Å². The molecular formula is C15H17ClN4S. The van der Waals surface area contributed by atoms with Gasteiger partial charge in [0.2, 0.25) is 5.16 Å². The van der Waals surface area contributed by atoms with E-state index in [0.29, 0.717) is 5.16 Å². The monoisotopic (exact) mass is 320 g/mol. The molecule has 0 saturated heterocycles. The van der Waals surface area contributed by atoms with Gasteiger partial charge < -0.3 is 5.32 Å². The fourth-order valence-electron chi connectivity index (χ4n) is 1.55. The second-order valence-corrected chi connectivity index (χ2v) is 5.90. The molecule has 0 aliphatic rings. The van der Waals surface area contributed by atoms with Gasteiger partial charge in [0.05, 0.1) is 11.4 Å². The van der Waals surface area contributed by atoms with Crippen molar-refractivity contribution in [1.82, 2.24) is 15.2 Å². The number of thioether (sulfide) groups is 1. The van der Waals surface area contributed by atoms with Crippen LogP contribution in [-0.4, -0.2) is 20.9 Å². The average Bonchev–Trinajstić information content (AvgIpc) is 2.50. The zero-order valence-corrected chi connectivity index (χ0v) is 13.6. The third-order valence-electron chi connectivity index (χ3n) is 2.64. The maximum atomic E-state index is 5.85. The van der Waals surface area contributed by atoms with Crippen LogP contribution in [0.25, 0.3) is 6.08 Å².